The summed E-state index contributed by atoms with van der Waals surface area (Å²) in [5, 5.41) is 7.44. The highest BCUT2D eigenvalue weighted by Gasteiger charge is 2.25. The Morgan fingerprint density at radius 3 is 2.80 bits per heavy atom. The first kappa shape index (κ1) is 15.5. The van der Waals surface area contributed by atoms with Crippen LogP contribution in [0.4, 0.5) is 0 Å². The van der Waals surface area contributed by atoms with Crippen molar-refractivity contribution in [3.8, 4) is 0 Å². The molecule has 7 heteroatoms. The zero-order valence-corrected chi connectivity index (χ0v) is 13.0. The van der Waals surface area contributed by atoms with E-state index in [-0.39, 0.29) is 10.9 Å². The monoisotopic (exact) mass is 300 g/mol. The number of aromatic nitrogens is 2. The number of rotatable bonds is 8. The highest BCUT2D eigenvalue weighted by molar-refractivity contribution is 7.89. The molecular weight excluding hydrogens is 276 g/mol. The lowest BCUT2D eigenvalue weighted by Crippen LogP contribution is -2.39. The summed E-state index contributed by atoms with van der Waals surface area (Å²) in [4.78, 5) is 0.265. The van der Waals surface area contributed by atoms with Crippen molar-refractivity contribution in [1.82, 2.24) is 19.8 Å². The van der Waals surface area contributed by atoms with Crippen LogP contribution in [0.3, 0.4) is 0 Å². The van der Waals surface area contributed by atoms with E-state index in [1.165, 1.54) is 6.20 Å². The summed E-state index contributed by atoms with van der Waals surface area (Å²) < 4.78 is 28.6. The van der Waals surface area contributed by atoms with Crippen molar-refractivity contribution in [3.05, 3.63) is 12.4 Å². The molecule has 0 spiro atoms. The average Bonchev–Trinajstić information content (AvgIpc) is 2.79. The highest BCUT2D eigenvalue weighted by atomic mass is 32.2. The summed E-state index contributed by atoms with van der Waals surface area (Å²) in [6.07, 6.45) is 6.94. The second-order valence-electron chi connectivity index (χ2n) is 5.65. The second kappa shape index (κ2) is 6.69. The Hall–Kier alpha value is -0.920. The summed E-state index contributed by atoms with van der Waals surface area (Å²) in [6, 6.07) is 0.578. The summed E-state index contributed by atoms with van der Waals surface area (Å²) in [6.45, 7) is 5.83. The van der Waals surface area contributed by atoms with Gasteiger partial charge in [0.2, 0.25) is 10.0 Å². The van der Waals surface area contributed by atoms with Crippen molar-refractivity contribution in [2.45, 2.75) is 63.1 Å². The molecule has 1 aliphatic carbocycles. The molecule has 0 aromatic carbocycles. The Balaban J connectivity index is 1.84. The fourth-order valence-corrected chi connectivity index (χ4v) is 3.31. The number of hydrogen-bond acceptors (Lipinski definition) is 4. The zero-order valence-electron chi connectivity index (χ0n) is 12.2. The second-order valence-corrected chi connectivity index (χ2v) is 7.36. The van der Waals surface area contributed by atoms with Crippen molar-refractivity contribution in [2.24, 2.45) is 0 Å². The predicted molar refractivity (Wildman–Crippen MR) is 77.9 cm³/mol. The Morgan fingerprint density at radius 1 is 1.45 bits per heavy atom. The molecule has 0 unspecified atom stereocenters. The van der Waals surface area contributed by atoms with Gasteiger partial charge in [0, 0.05) is 24.8 Å². The van der Waals surface area contributed by atoms with Crippen molar-refractivity contribution in [3.63, 3.8) is 0 Å². The highest BCUT2D eigenvalue weighted by Crippen LogP contribution is 2.20. The van der Waals surface area contributed by atoms with Gasteiger partial charge in [-0.25, -0.2) is 13.1 Å². The van der Waals surface area contributed by atoms with E-state index in [0.29, 0.717) is 6.04 Å². The van der Waals surface area contributed by atoms with Crippen LogP contribution in [-0.4, -0.2) is 36.8 Å². The molecule has 1 saturated carbocycles. The number of hydrogen-bond donors (Lipinski definition) is 2. The van der Waals surface area contributed by atoms with Crippen LogP contribution >= 0.6 is 0 Å². The van der Waals surface area contributed by atoms with Crippen molar-refractivity contribution in [1.29, 1.82) is 0 Å². The average molecular weight is 300 g/mol. The summed E-state index contributed by atoms with van der Waals surface area (Å²) in [5.74, 6) is 0. The third-order valence-corrected chi connectivity index (χ3v) is 4.94. The van der Waals surface area contributed by atoms with E-state index in [2.05, 4.69) is 29.0 Å². The molecule has 114 valence electrons. The topological polar surface area (TPSA) is 76.0 Å². The van der Waals surface area contributed by atoms with Crippen LogP contribution in [0.1, 0.15) is 39.5 Å². The predicted octanol–water partition coefficient (Wildman–Crippen LogP) is 1.10. The van der Waals surface area contributed by atoms with E-state index in [9.17, 15) is 8.42 Å². The van der Waals surface area contributed by atoms with Gasteiger partial charge in [-0.15, -0.1) is 0 Å². The Labute approximate surface area is 121 Å². The van der Waals surface area contributed by atoms with E-state index in [4.69, 9.17) is 0 Å². The molecular formula is C13H24N4O2S. The van der Waals surface area contributed by atoms with Gasteiger partial charge in [-0.05, 0) is 25.8 Å². The molecule has 0 saturated heterocycles. The first-order valence-corrected chi connectivity index (χ1v) is 8.74. The number of nitrogens with zero attached hydrogens (tertiary/aromatic N) is 2. The van der Waals surface area contributed by atoms with E-state index in [0.717, 1.165) is 38.8 Å². The third kappa shape index (κ3) is 4.29. The molecule has 20 heavy (non-hydrogen) atoms. The minimum atomic E-state index is -3.39. The molecule has 0 bridgehead atoms. The van der Waals surface area contributed by atoms with Gasteiger partial charge < -0.3 is 5.32 Å². The fraction of sp³-hybridized carbons (Fsp3) is 0.769. The molecule has 0 amide bonds. The van der Waals surface area contributed by atoms with E-state index in [1.807, 2.05) is 0 Å². The SMILES string of the molecule is CC(C)NCCCn1cc(S(=O)(=O)NC2CCC2)cn1. The Kier molecular flexibility index (Phi) is 5.17. The van der Waals surface area contributed by atoms with E-state index in [1.54, 1.807) is 10.9 Å². The van der Waals surface area contributed by atoms with E-state index < -0.39 is 10.0 Å². The van der Waals surface area contributed by atoms with Crippen LogP contribution in [0.2, 0.25) is 0 Å². The molecule has 2 N–H and O–H groups in total. The molecule has 1 aromatic heterocycles. The molecule has 1 heterocycles. The lowest BCUT2D eigenvalue weighted by atomic mass is 9.94. The first-order chi connectivity index (χ1) is 9.47. The summed E-state index contributed by atoms with van der Waals surface area (Å²) >= 11 is 0. The Morgan fingerprint density at radius 2 is 2.20 bits per heavy atom. The number of nitrogens with one attached hydrogen (secondary N) is 2. The molecule has 0 aliphatic heterocycles. The first-order valence-electron chi connectivity index (χ1n) is 7.25. The molecule has 0 radical (unpaired) electrons. The van der Waals surface area contributed by atoms with Gasteiger partial charge >= 0.3 is 0 Å². The molecule has 1 fully saturated rings. The minimum absolute atomic E-state index is 0.110. The molecule has 1 aliphatic rings. The van der Waals surface area contributed by atoms with Crippen molar-refractivity contribution < 1.29 is 8.42 Å². The summed E-state index contributed by atoms with van der Waals surface area (Å²) in [5.41, 5.74) is 0. The maximum absolute atomic E-state index is 12.1. The molecule has 1 aromatic rings. The van der Waals surface area contributed by atoms with Gasteiger partial charge in [0.25, 0.3) is 0 Å². The van der Waals surface area contributed by atoms with Crippen molar-refractivity contribution in [2.75, 3.05) is 6.54 Å². The fourth-order valence-electron chi connectivity index (χ4n) is 2.05. The van der Waals surface area contributed by atoms with E-state index >= 15 is 0 Å². The largest absolute Gasteiger partial charge is 0.314 e. The van der Waals surface area contributed by atoms with Gasteiger partial charge in [0.05, 0.1) is 6.20 Å². The zero-order chi connectivity index (χ0) is 14.6. The third-order valence-electron chi connectivity index (χ3n) is 3.46. The van der Waals surface area contributed by atoms with Gasteiger partial charge in [-0.2, -0.15) is 5.10 Å². The van der Waals surface area contributed by atoms with Crippen LogP contribution in [0.25, 0.3) is 0 Å². The van der Waals surface area contributed by atoms with Gasteiger partial charge in [0.1, 0.15) is 4.90 Å². The number of sulfonamides is 1. The molecule has 6 nitrogen and oxygen atoms in total. The van der Waals surface area contributed by atoms with Gasteiger partial charge in [0.15, 0.2) is 0 Å². The van der Waals surface area contributed by atoms with Crippen LogP contribution in [-0.2, 0) is 16.6 Å². The quantitative estimate of drug-likeness (QED) is 0.705. The molecule has 0 atom stereocenters. The smallest absolute Gasteiger partial charge is 0.243 e. The minimum Gasteiger partial charge on any atom is -0.314 e. The normalized spacial score (nSPS) is 16.6. The standard InChI is InChI=1S/C13H24N4O2S/c1-11(2)14-7-4-8-17-10-13(9-15-17)20(18,19)16-12-5-3-6-12/h9-12,14,16H,3-8H2,1-2H3. The maximum atomic E-state index is 12.1. The Bertz CT molecular complexity index is 520. The van der Waals surface area contributed by atoms with Crippen LogP contribution < -0.4 is 10.0 Å². The summed E-state index contributed by atoms with van der Waals surface area (Å²) in [7, 11) is -3.39. The maximum Gasteiger partial charge on any atom is 0.243 e. The molecule has 2 rings (SSSR count). The lowest BCUT2D eigenvalue weighted by molar-refractivity contribution is 0.383. The van der Waals surface area contributed by atoms with Crippen molar-refractivity contribution >= 4 is 10.0 Å². The van der Waals surface area contributed by atoms with Crippen LogP contribution in [0, 0.1) is 0 Å². The van der Waals surface area contributed by atoms with Gasteiger partial charge in [-0.3, -0.25) is 4.68 Å². The van der Waals surface area contributed by atoms with Crippen LogP contribution in [0.15, 0.2) is 17.3 Å². The lowest BCUT2D eigenvalue weighted by Gasteiger charge is -2.25. The van der Waals surface area contributed by atoms with Crippen LogP contribution in [0.5, 0.6) is 0 Å². The van der Waals surface area contributed by atoms with Gasteiger partial charge in [-0.1, -0.05) is 20.3 Å². The number of aryl methyl sites for hydroxylation is 1.